The average Bonchev–Trinajstić information content (AvgIpc) is 2.30. The smallest absolute Gasteiger partial charge is 0.113 e. The molecule has 0 fully saturated rings. The molecular weight excluding hydrogens is 200 g/mol. The van der Waals surface area contributed by atoms with Gasteiger partial charge in [-0.25, -0.2) is 0 Å². The number of ether oxygens (including phenoxy) is 1. The lowest BCUT2D eigenvalue weighted by atomic mass is 9.91. The van der Waals surface area contributed by atoms with Crippen LogP contribution in [0.25, 0.3) is 0 Å². The topological polar surface area (TPSA) is 29.5 Å². The van der Waals surface area contributed by atoms with Crippen LogP contribution in [-0.2, 0) is 16.8 Å². The summed E-state index contributed by atoms with van der Waals surface area (Å²) in [4.78, 5) is 0. The fourth-order valence-electron chi connectivity index (χ4n) is 1.90. The lowest BCUT2D eigenvalue weighted by molar-refractivity contribution is -0.0386. The van der Waals surface area contributed by atoms with E-state index in [-0.39, 0.29) is 0 Å². The molecule has 0 spiro atoms. The molecule has 90 valence electrons. The van der Waals surface area contributed by atoms with Crippen LogP contribution in [0.3, 0.4) is 0 Å². The molecule has 1 aromatic rings. The Morgan fingerprint density at radius 1 is 1.19 bits per heavy atom. The highest BCUT2D eigenvalue weighted by molar-refractivity contribution is 5.27. The van der Waals surface area contributed by atoms with Crippen LogP contribution < -0.4 is 0 Å². The Morgan fingerprint density at radius 3 is 2.25 bits per heavy atom. The molecule has 0 saturated carbocycles. The van der Waals surface area contributed by atoms with Crippen LogP contribution in [0.5, 0.6) is 0 Å². The number of aliphatic hydroxyl groups is 1. The van der Waals surface area contributed by atoms with Crippen molar-refractivity contribution >= 4 is 0 Å². The second kappa shape index (κ2) is 6.02. The van der Waals surface area contributed by atoms with Gasteiger partial charge >= 0.3 is 0 Å². The van der Waals surface area contributed by atoms with Crippen LogP contribution in [0.4, 0.5) is 0 Å². The minimum atomic E-state index is -0.848. The Bertz CT molecular complexity index is 305. The summed E-state index contributed by atoms with van der Waals surface area (Å²) < 4.78 is 5.08. The second-order valence-electron chi connectivity index (χ2n) is 4.27. The van der Waals surface area contributed by atoms with Crippen LogP contribution >= 0.6 is 0 Å². The third-order valence-electron chi connectivity index (χ3n) is 3.00. The maximum absolute atomic E-state index is 10.4. The van der Waals surface area contributed by atoms with E-state index in [1.807, 2.05) is 19.1 Å². The first kappa shape index (κ1) is 13.2. The predicted molar refractivity (Wildman–Crippen MR) is 66.5 cm³/mol. The van der Waals surface area contributed by atoms with Crippen molar-refractivity contribution < 1.29 is 9.84 Å². The number of benzene rings is 1. The molecule has 0 amide bonds. The zero-order valence-electron chi connectivity index (χ0n) is 10.5. The van der Waals surface area contributed by atoms with Gasteiger partial charge in [0, 0.05) is 7.11 Å². The first-order valence-electron chi connectivity index (χ1n) is 5.97. The first-order valence-corrected chi connectivity index (χ1v) is 5.97. The van der Waals surface area contributed by atoms with Gasteiger partial charge in [-0.3, -0.25) is 0 Å². The van der Waals surface area contributed by atoms with E-state index in [0.717, 1.165) is 18.4 Å². The van der Waals surface area contributed by atoms with Gasteiger partial charge in [-0.1, -0.05) is 44.5 Å². The summed E-state index contributed by atoms with van der Waals surface area (Å²) in [5, 5.41) is 10.4. The molecule has 0 aromatic heterocycles. The molecule has 2 heteroatoms. The average molecular weight is 222 g/mol. The minimum Gasteiger partial charge on any atom is -0.383 e. The van der Waals surface area contributed by atoms with E-state index in [9.17, 15) is 5.11 Å². The van der Waals surface area contributed by atoms with Gasteiger partial charge in [0.25, 0.3) is 0 Å². The number of aryl methyl sites for hydroxylation is 1. The van der Waals surface area contributed by atoms with Crippen molar-refractivity contribution in [1.29, 1.82) is 0 Å². The van der Waals surface area contributed by atoms with Crippen molar-refractivity contribution in [3.8, 4) is 0 Å². The lowest BCUT2D eigenvalue weighted by Crippen LogP contribution is -2.30. The maximum atomic E-state index is 10.4. The molecule has 0 aliphatic heterocycles. The molecule has 0 aliphatic rings. The van der Waals surface area contributed by atoms with Gasteiger partial charge in [-0.05, 0) is 24.0 Å². The van der Waals surface area contributed by atoms with E-state index in [2.05, 4.69) is 19.1 Å². The van der Waals surface area contributed by atoms with E-state index >= 15 is 0 Å². The fraction of sp³-hybridized carbons (Fsp3) is 0.571. The normalized spacial score (nSPS) is 14.8. The largest absolute Gasteiger partial charge is 0.383 e. The van der Waals surface area contributed by atoms with E-state index in [1.54, 1.807) is 7.11 Å². The molecule has 0 radical (unpaired) electrons. The number of methoxy groups -OCH3 is 1. The highest BCUT2D eigenvalue weighted by atomic mass is 16.5. The van der Waals surface area contributed by atoms with Gasteiger partial charge in [0.1, 0.15) is 5.60 Å². The van der Waals surface area contributed by atoms with Gasteiger partial charge in [-0.15, -0.1) is 0 Å². The molecule has 1 atom stereocenters. The molecule has 0 heterocycles. The number of hydrogen-bond donors (Lipinski definition) is 1. The summed E-state index contributed by atoms with van der Waals surface area (Å²) >= 11 is 0. The van der Waals surface area contributed by atoms with E-state index in [0.29, 0.717) is 13.0 Å². The summed E-state index contributed by atoms with van der Waals surface area (Å²) in [6.07, 6.45) is 2.90. The van der Waals surface area contributed by atoms with Gasteiger partial charge in [0.05, 0.1) is 6.61 Å². The van der Waals surface area contributed by atoms with Crippen molar-refractivity contribution in [2.45, 2.75) is 38.7 Å². The Labute approximate surface area is 98.3 Å². The predicted octanol–water partition coefficient (Wildman–Crippen LogP) is 2.88. The van der Waals surface area contributed by atoms with Crippen LogP contribution in [0.15, 0.2) is 24.3 Å². The Kier molecular flexibility index (Phi) is 4.97. The Balaban J connectivity index is 2.85. The molecule has 1 rings (SSSR count). The van der Waals surface area contributed by atoms with Crippen molar-refractivity contribution in [2.75, 3.05) is 13.7 Å². The van der Waals surface area contributed by atoms with E-state index in [1.165, 1.54) is 5.56 Å². The SMILES string of the molecule is CCCc1ccc(C(O)(CC)COC)cc1. The Hall–Kier alpha value is -0.860. The molecule has 0 saturated heterocycles. The first-order chi connectivity index (χ1) is 7.66. The summed E-state index contributed by atoms with van der Waals surface area (Å²) in [7, 11) is 1.62. The molecule has 1 N–H and O–H groups in total. The quantitative estimate of drug-likeness (QED) is 0.802. The van der Waals surface area contributed by atoms with Crippen LogP contribution in [-0.4, -0.2) is 18.8 Å². The van der Waals surface area contributed by atoms with Crippen molar-refractivity contribution in [3.05, 3.63) is 35.4 Å². The second-order valence-corrected chi connectivity index (χ2v) is 4.27. The highest BCUT2D eigenvalue weighted by Crippen LogP contribution is 2.25. The minimum absolute atomic E-state index is 0.344. The van der Waals surface area contributed by atoms with E-state index in [4.69, 9.17) is 4.74 Å². The Morgan fingerprint density at radius 2 is 1.81 bits per heavy atom. The van der Waals surface area contributed by atoms with Crippen molar-refractivity contribution in [2.24, 2.45) is 0 Å². The van der Waals surface area contributed by atoms with Gasteiger partial charge in [0.2, 0.25) is 0 Å². The maximum Gasteiger partial charge on any atom is 0.113 e. The molecule has 1 unspecified atom stereocenters. The fourth-order valence-corrected chi connectivity index (χ4v) is 1.90. The summed E-state index contributed by atoms with van der Waals surface area (Å²) in [5.41, 5.74) is 1.42. The van der Waals surface area contributed by atoms with Crippen molar-refractivity contribution in [1.82, 2.24) is 0 Å². The van der Waals surface area contributed by atoms with Gasteiger partial charge in [-0.2, -0.15) is 0 Å². The zero-order valence-corrected chi connectivity index (χ0v) is 10.5. The van der Waals surface area contributed by atoms with Gasteiger partial charge < -0.3 is 9.84 Å². The van der Waals surface area contributed by atoms with Crippen LogP contribution in [0.2, 0.25) is 0 Å². The number of rotatable bonds is 6. The van der Waals surface area contributed by atoms with Gasteiger partial charge in [0.15, 0.2) is 0 Å². The molecule has 16 heavy (non-hydrogen) atoms. The third-order valence-corrected chi connectivity index (χ3v) is 3.00. The molecule has 1 aromatic carbocycles. The molecule has 0 aliphatic carbocycles. The summed E-state index contributed by atoms with van der Waals surface area (Å²) in [6.45, 7) is 4.48. The summed E-state index contributed by atoms with van der Waals surface area (Å²) in [5.74, 6) is 0. The van der Waals surface area contributed by atoms with E-state index < -0.39 is 5.60 Å². The standard InChI is InChI=1S/C14H22O2/c1-4-6-12-7-9-13(10-8-12)14(15,5-2)11-16-3/h7-10,15H,4-6,11H2,1-3H3. The number of hydrogen-bond acceptors (Lipinski definition) is 2. The monoisotopic (exact) mass is 222 g/mol. The lowest BCUT2D eigenvalue weighted by Gasteiger charge is -2.26. The third kappa shape index (κ3) is 3.06. The molecule has 0 bridgehead atoms. The molecule has 2 nitrogen and oxygen atoms in total. The highest BCUT2D eigenvalue weighted by Gasteiger charge is 2.26. The zero-order chi connectivity index (χ0) is 12.0. The van der Waals surface area contributed by atoms with Crippen molar-refractivity contribution in [3.63, 3.8) is 0 Å². The summed E-state index contributed by atoms with van der Waals surface area (Å²) in [6, 6.07) is 8.20. The van der Waals surface area contributed by atoms with Crippen LogP contribution in [0.1, 0.15) is 37.8 Å². The molecular formula is C14H22O2. The van der Waals surface area contributed by atoms with Crippen LogP contribution in [0, 0.1) is 0 Å².